The van der Waals surface area contributed by atoms with Gasteiger partial charge in [0.25, 0.3) is 0 Å². The van der Waals surface area contributed by atoms with Crippen LogP contribution in [0.5, 0.6) is 5.88 Å². The average Bonchev–Trinajstić information content (AvgIpc) is 2.76. The minimum absolute atomic E-state index is 0.215. The van der Waals surface area contributed by atoms with Crippen LogP contribution in [0.1, 0.15) is 40.3 Å². The van der Waals surface area contributed by atoms with Crippen molar-refractivity contribution >= 4 is 5.78 Å². The summed E-state index contributed by atoms with van der Waals surface area (Å²) in [5.74, 6) is 1.33. The molecule has 0 atom stereocenters. The largest absolute Gasteiger partial charge is 0.481 e. The number of carbonyl (C=O) groups excluding carboxylic acids is 1. The predicted octanol–water partition coefficient (Wildman–Crippen LogP) is 2.41. The third-order valence-electron chi connectivity index (χ3n) is 3.63. The first kappa shape index (κ1) is 12.8. The zero-order valence-corrected chi connectivity index (χ0v) is 11.9. The highest BCUT2D eigenvalue weighted by atomic mass is 16.5. The van der Waals surface area contributed by atoms with Crippen LogP contribution in [0.4, 0.5) is 0 Å². The Hall–Kier alpha value is -2.17. The van der Waals surface area contributed by atoms with Gasteiger partial charge in [0.1, 0.15) is 0 Å². The Morgan fingerprint density at radius 2 is 2.00 bits per heavy atom. The summed E-state index contributed by atoms with van der Waals surface area (Å²) >= 11 is 0. The van der Waals surface area contributed by atoms with Crippen LogP contribution in [0.25, 0.3) is 5.95 Å². The van der Waals surface area contributed by atoms with Crippen molar-refractivity contribution < 1.29 is 9.53 Å². The highest BCUT2D eigenvalue weighted by Gasteiger charge is 2.24. The van der Waals surface area contributed by atoms with Crippen molar-refractivity contribution in [2.75, 3.05) is 7.11 Å². The molecule has 3 rings (SSSR count). The van der Waals surface area contributed by atoms with E-state index in [9.17, 15) is 4.79 Å². The van der Waals surface area contributed by atoms with E-state index in [-0.39, 0.29) is 5.78 Å². The van der Waals surface area contributed by atoms with E-state index >= 15 is 0 Å². The van der Waals surface area contributed by atoms with E-state index < -0.39 is 0 Å². The monoisotopic (exact) mass is 271 g/mol. The van der Waals surface area contributed by atoms with Gasteiger partial charge in [0.05, 0.1) is 7.11 Å². The molecule has 2 heterocycles. The Labute approximate surface area is 117 Å². The van der Waals surface area contributed by atoms with E-state index in [1.165, 1.54) is 0 Å². The molecular formula is C15H17N3O2. The molecule has 2 aromatic heterocycles. The number of fused-ring (bicyclic) bond motifs is 1. The molecule has 104 valence electrons. The van der Waals surface area contributed by atoms with Gasteiger partial charge in [0, 0.05) is 35.1 Å². The fourth-order valence-electron chi connectivity index (χ4n) is 2.74. The molecule has 0 amide bonds. The number of ether oxygens (including phenoxy) is 1. The number of aryl methyl sites for hydroxylation is 2. The maximum atomic E-state index is 12.0. The fourth-order valence-corrected chi connectivity index (χ4v) is 2.74. The van der Waals surface area contributed by atoms with Crippen LogP contribution in [0.15, 0.2) is 12.1 Å². The molecule has 1 aliphatic rings. The van der Waals surface area contributed by atoms with Crippen LogP contribution in [-0.2, 0) is 6.42 Å². The summed E-state index contributed by atoms with van der Waals surface area (Å²) in [4.78, 5) is 20.9. The molecule has 5 heteroatoms. The zero-order valence-electron chi connectivity index (χ0n) is 11.9. The van der Waals surface area contributed by atoms with Crippen LogP contribution >= 0.6 is 0 Å². The van der Waals surface area contributed by atoms with Gasteiger partial charge in [-0.05, 0) is 32.8 Å². The lowest BCUT2D eigenvalue weighted by Gasteiger charge is -2.15. The quantitative estimate of drug-likeness (QED) is 0.841. The number of hydrogen-bond donors (Lipinski definition) is 0. The Bertz CT molecular complexity index is 689. The highest BCUT2D eigenvalue weighted by Crippen LogP contribution is 2.27. The molecule has 0 spiro atoms. The number of carbonyl (C=O) groups is 1. The molecule has 0 unspecified atom stereocenters. The van der Waals surface area contributed by atoms with Gasteiger partial charge >= 0.3 is 0 Å². The molecule has 0 saturated heterocycles. The van der Waals surface area contributed by atoms with Gasteiger partial charge in [0.2, 0.25) is 11.8 Å². The second-order valence-corrected chi connectivity index (χ2v) is 5.11. The second-order valence-electron chi connectivity index (χ2n) is 5.11. The summed E-state index contributed by atoms with van der Waals surface area (Å²) in [6.07, 6.45) is 2.40. The lowest BCUT2D eigenvalue weighted by molar-refractivity contribution is 0.0972. The first-order valence-corrected chi connectivity index (χ1v) is 6.74. The standard InChI is InChI=1S/C15H17N3O2/c1-9-7-14(20-3)17-15(16-9)18-10(2)8-11-12(18)5-4-6-13(11)19/h7-8H,4-6H2,1-3H3. The average molecular weight is 271 g/mol. The van der Waals surface area contributed by atoms with Gasteiger partial charge < -0.3 is 4.74 Å². The van der Waals surface area contributed by atoms with E-state index in [4.69, 9.17) is 4.74 Å². The Morgan fingerprint density at radius 1 is 1.20 bits per heavy atom. The van der Waals surface area contributed by atoms with Crippen molar-refractivity contribution in [1.29, 1.82) is 0 Å². The van der Waals surface area contributed by atoms with Gasteiger partial charge in [-0.25, -0.2) is 4.98 Å². The molecule has 0 saturated carbocycles. The Kier molecular flexibility index (Phi) is 3.04. The molecule has 0 fully saturated rings. The second kappa shape index (κ2) is 4.74. The molecule has 2 aromatic rings. The van der Waals surface area contributed by atoms with E-state index in [0.717, 1.165) is 35.5 Å². The van der Waals surface area contributed by atoms with E-state index in [2.05, 4.69) is 9.97 Å². The first-order chi connectivity index (χ1) is 9.60. The van der Waals surface area contributed by atoms with Crippen molar-refractivity contribution in [3.8, 4) is 11.8 Å². The number of hydrogen-bond acceptors (Lipinski definition) is 4. The van der Waals surface area contributed by atoms with Gasteiger partial charge in [-0.2, -0.15) is 4.98 Å². The smallest absolute Gasteiger partial charge is 0.237 e. The summed E-state index contributed by atoms with van der Waals surface area (Å²) < 4.78 is 7.18. The third-order valence-corrected chi connectivity index (χ3v) is 3.63. The van der Waals surface area contributed by atoms with Crippen molar-refractivity contribution in [3.05, 3.63) is 34.8 Å². The van der Waals surface area contributed by atoms with Crippen molar-refractivity contribution in [3.63, 3.8) is 0 Å². The molecule has 0 aliphatic heterocycles. The van der Waals surface area contributed by atoms with Crippen molar-refractivity contribution in [2.45, 2.75) is 33.1 Å². The maximum Gasteiger partial charge on any atom is 0.237 e. The van der Waals surface area contributed by atoms with Crippen LogP contribution in [0, 0.1) is 13.8 Å². The summed E-state index contributed by atoms with van der Waals surface area (Å²) in [6.45, 7) is 3.88. The van der Waals surface area contributed by atoms with Gasteiger partial charge in [-0.1, -0.05) is 0 Å². The number of nitrogens with zero attached hydrogens (tertiary/aromatic N) is 3. The number of Topliss-reactive ketones (excluding diaryl/α,β-unsaturated/α-hetero) is 1. The maximum absolute atomic E-state index is 12.0. The molecule has 5 nitrogen and oxygen atoms in total. The number of ketones is 1. The van der Waals surface area contributed by atoms with Crippen LogP contribution in [0.3, 0.4) is 0 Å². The number of aromatic nitrogens is 3. The summed E-state index contributed by atoms with van der Waals surface area (Å²) in [5.41, 5.74) is 3.66. The minimum Gasteiger partial charge on any atom is -0.481 e. The molecular weight excluding hydrogens is 254 g/mol. The van der Waals surface area contributed by atoms with Gasteiger partial charge in [-0.15, -0.1) is 0 Å². The zero-order chi connectivity index (χ0) is 14.3. The molecule has 20 heavy (non-hydrogen) atoms. The van der Waals surface area contributed by atoms with Crippen LogP contribution in [0.2, 0.25) is 0 Å². The van der Waals surface area contributed by atoms with Crippen molar-refractivity contribution in [2.24, 2.45) is 0 Å². The molecule has 0 aromatic carbocycles. The van der Waals surface area contributed by atoms with E-state index in [1.807, 2.05) is 24.5 Å². The topological polar surface area (TPSA) is 57.0 Å². The number of methoxy groups -OCH3 is 1. The lowest BCUT2D eigenvalue weighted by atomic mass is 9.97. The van der Waals surface area contributed by atoms with E-state index in [0.29, 0.717) is 18.2 Å². The van der Waals surface area contributed by atoms with Gasteiger partial charge in [-0.3, -0.25) is 9.36 Å². The molecule has 0 N–H and O–H groups in total. The van der Waals surface area contributed by atoms with Crippen LogP contribution in [-0.4, -0.2) is 27.4 Å². The SMILES string of the molecule is COc1cc(C)nc(-n2c(C)cc3c2CCCC3=O)n1. The highest BCUT2D eigenvalue weighted by molar-refractivity contribution is 5.98. The number of rotatable bonds is 2. The molecule has 0 radical (unpaired) electrons. The predicted molar refractivity (Wildman–Crippen MR) is 74.7 cm³/mol. The first-order valence-electron chi connectivity index (χ1n) is 6.74. The third kappa shape index (κ3) is 1.99. The normalized spacial score (nSPS) is 14.2. The van der Waals surface area contributed by atoms with Crippen molar-refractivity contribution in [1.82, 2.24) is 14.5 Å². The summed E-state index contributed by atoms with van der Waals surface area (Å²) in [5, 5.41) is 0. The molecule has 0 bridgehead atoms. The van der Waals surface area contributed by atoms with Gasteiger partial charge in [0.15, 0.2) is 5.78 Å². The van der Waals surface area contributed by atoms with Crippen LogP contribution < -0.4 is 4.74 Å². The lowest BCUT2D eigenvalue weighted by Crippen LogP contribution is -2.14. The fraction of sp³-hybridized carbons (Fsp3) is 0.400. The summed E-state index contributed by atoms with van der Waals surface area (Å²) in [6, 6.07) is 3.73. The summed E-state index contributed by atoms with van der Waals surface area (Å²) in [7, 11) is 1.59. The Morgan fingerprint density at radius 3 is 2.75 bits per heavy atom. The Balaban J connectivity index is 2.20. The van der Waals surface area contributed by atoms with E-state index in [1.54, 1.807) is 13.2 Å². The molecule has 1 aliphatic carbocycles. The minimum atomic E-state index is 0.215.